The van der Waals surface area contributed by atoms with Gasteiger partial charge in [0.2, 0.25) is 11.8 Å². The van der Waals surface area contributed by atoms with Crippen LogP contribution >= 0.6 is 0 Å². The van der Waals surface area contributed by atoms with E-state index >= 15 is 0 Å². The lowest BCUT2D eigenvalue weighted by Crippen LogP contribution is -2.38. The minimum Gasteiger partial charge on any atom is -0.423 e. The number of hydrogen-bond acceptors (Lipinski definition) is 5. The van der Waals surface area contributed by atoms with E-state index < -0.39 is 0 Å². The van der Waals surface area contributed by atoms with Crippen molar-refractivity contribution in [3.8, 4) is 11.8 Å². The summed E-state index contributed by atoms with van der Waals surface area (Å²) in [6.45, 7) is 2.12. The van der Waals surface area contributed by atoms with E-state index in [-0.39, 0.29) is 17.9 Å². The fraction of sp³-hybridized carbons (Fsp3) is 0.476. The zero-order valence-electron chi connectivity index (χ0n) is 15.3. The molecule has 6 heteroatoms. The van der Waals surface area contributed by atoms with E-state index in [1.165, 1.54) is 0 Å². The second kappa shape index (κ2) is 8.36. The molecule has 0 spiro atoms. The van der Waals surface area contributed by atoms with Gasteiger partial charge in [-0.05, 0) is 44.2 Å². The van der Waals surface area contributed by atoms with E-state index in [9.17, 15) is 4.79 Å². The summed E-state index contributed by atoms with van der Waals surface area (Å²) in [5.41, 5.74) is 0.832. The number of amides is 1. The summed E-state index contributed by atoms with van der Waals surface area (Å²) < 4.78 is 11.4. The maximum Gasteiger partial charge on any atom is 0.299 e. The van der Waals surface area contributed by atoms with Crippen LogP contribution in [0.5, 0.6) is 0 Å². The van der Waals surface area contributed by atoms with Gasteiger partial charge in [-0.15, -0.1) is 10.2 Å². The number of carbonyl (C=O) groups is 1. The summed E-state index contributed by atoms with van der Waals surface area (Å²) in [6.07, 6.45) is 4.63. The molecular weight excluding hydrogens is 342 g/mol. The Morgan fingerprint density at radius 2 is 1.81 bits per heavy atom. The number of piperidine rings is 1. The summed E-state index contributed by atoms with van der Waals surface area (Å²) >= 11 is 0. The van der Waals surface area contributed by atoms with Gasteiger partial charge in [-0.2, -0.15) is 0 Å². The maximum absolute atomic E-state index is 12.7. The Morgan fingerprint density at radius 1 is 1.04 bits per heavy atom. The van der Waals surface area contributed by atoms with Crippen molar-refractivity contribution in [2.75, 3.05) is 19.8 Å². The highest BCUT2D eigenvalue weighted by Crippen LogP contribution is 2.32. The zero-order chi connectivity index (χ0) is 18.5. The second-order valence-electron chi connectivity index (χ2n) is 6.99. The van der Waals surface area contributed by atoms with Crippen LogP contribution < -0.4 is 0 Å². The molecule has 1 amide bonds. The molecule has 2 aliphatic rings. The van der Waals surface area contributed by atoms with Crippen molar-refractivity contribution in [2.24, 2.45) is 0 Å². The molecule has 2 aromatic rings. The molecule has 2 fully saturated rings. The van der Waals surface area contributed by atoms with Gasteiger partial charge in [0.1, 0.15) is 6.04 Å². The van der Waals surface area contributed by atoms with E-state index in [0.717, 1.165) is 50.9 Å². The Hall–Kier alpha value is -2.65. The first-order valence-corrected chi connectivity index (χ1v) is 9.60. The number of hydrogen-bond donors (Lipinski definition) is 0. The van der Waals surface area contributed by atoms with Crippen molar-refractivity contribution < 1.29 is 13.9 Å². The molecule has 0 radical (unpaired) electrons. The van der Waals surface area contributed by atoms with Crippen LogP contribution in [-0.2, 0) is 9.53 Å². The van der Waals surface area contributed by atoms with Crippen molar-refractivity contribution >= 4 is 5.91 Å². The summed E-state index contributed by atoms with van der Waals surface area (Å²) in [5.74, 6) is 6.99. The van der Waals surface area contributed by atoms with Crippen molar-refractivity contribution in [1.82, 2.24) is 15.1 Å². The third-order valence-corrected chi connectivity index (χ3v) is 5.16. The Balaban J connectivity index is 1.50. The highest BCUT2D eigenvalue weighted by molar-refractivity contribution is 5.94. The first kappa shape index (κ1) is 17.7. The molecule has 0 aliphatic carbocycles. The summed E-state index contributed by atoms with van der Waals surface area (Å²) in [7, 11) is 0. The van der Waals surface area contributed by atoms with Gasteiger partial charge >= 0.3 is 0 Å². The topological polar surface area (TPSA) is 68.5 Å². The molecule has 4 rings (SSSR count). The fourth-order valence-corrected chi connectivity index (χ4v) is 3.64. The van der Waals surface area contributed by atoms with Crippen LogP contribution in [-0.4, -0.2) is 40.8 Å². The quantitative estimate of drug-likeness (QED) is 0.765. The molecular formula is C21H23N3O3. The van der Waals surface area contributed by atoms with Crippen molar-refractivity contribution in [1.29, 1.82) is 0 Å². The SMILES string of the molecule is O=C(C#Cc1ccccc1)N1CCCCC1c1nnc(C2CCOCC2)o1. The third-order valence-electron chi connectivity index (χ3n) is 5.16. The molecule has 1 atom stereocenters. The minimum atomic E-state index is -0.186. The average Bonchev–Trinajstić information content (AvgIpc) is 3.23. The van der Waals surface area contributed by atoms with Gasteiger partial charge in [-0.1, -0.05) is 24.1 Å². The molecule has 0 bridgehead atoms. The summed E-state index contributed by atoms with van der Waals surface area (Å²) in [6, 6.07) is 9.36. The van der Waals surface area contributed by atoms with Crippen LogP contribution in [0.1, 0.15) is 61.4 Å². The molecule has 1 aromatic heterocycles. The van der Waals surface area contributed by atoms with Gasteiger partial charge < -0.3 is 14.1 Å². The number of ether oxygens (including phenoxy) is 1. The third kappa shape index (κ3) is 4.20. The minimum absolute atomic E-state index is 0.183. The van der Waals surface area contributed by atoms with E-state index in [1.54, 1.807) is 4.90 Å². The largest absolute Gasteiger partial charge is 0.423 e. The molecule has 27 heavy (non-hydrogen) atoms. The number of nitrogens with zero attached hydrogens (tertiary/aromatic N) is 3. The van der Waals surface area contributed by atoms with Crippen LogP contribution in [0.15, 0.2) is 34.7 Å². The lowest BCUT2D eigenvalue weighted by Gasteiger charge is -2.32. The van der Waals surface area contributed by atoms with Crippen LogP contribution in [0, 0.1) is 11.8 Å². The number of benzene rings is 1. The summed E-state index contributed by atoms with van der Waals surface area (Å²) in [5, 5.41) is 8.52. The molecule has 3 heterocycles. The molecule has 1 unspecified atom stereocenters. The van der Waals surface area contributed by atoms with Crippen molar-refractivity contribution in [2.45, 2.75) is 44.1 Å². The highest BCUT2D eigenvalue weighted by Gasteiger charge is 2.32. The molecule has 140 valence electrons. The predicted molar refractivity (Wildman–Crippen MR) is 98.7 cm³/mol. The maximum atomic E-state index is 12.7. The first-order valence-electron chi connectivity index (χ1n) is 9.60. The Bertz CT molecular complexity index is 831. The van der Waals surface area contributed by atoms with Gasteiger partial charge in [-0.25, -0.2) is 0 Å². The van der Waals surface area contributed by atoms with Crippen LogP contribution in [0.2, 0.25) is 0 Å². The lowest BCUT2D eigenvalue weighted by atomic mass is 10.0. The average molecular weight is 365 g/mol. The molecule has 0 saturated carbocycles. The van der Waals surface area contributed by atoms with E-state index in [4.69, 9.17) is 9.15 Å². The number of carbonyl (C=O) groups excluding carboxylic acids is 1. The standard InChI is InChI=1S/C21H23N3O3/c25-19(10-9-16-6-2-1-3-7-16)24-13-5-4-8-18(24)21-23-22-20(27-21)17-11-14-26-15-12-17/h1-3,6-7,17-18H,4-5,8,11-15H2. The van der Waals surface area contributed by atoms with Gasteiger partial charge in [0.25, 0.3) is 5.91 Å². The van der Waals surface area contributed by atoms with Gasteiger partial charge in [0.15, 0.2) is 0 Å². The first-order chi connectivity index (χ1) is 13.3. The van der Waals surface area contributed by atoms with Crippen molar-refractivity contribution in [3.63, 3.8) is 0 Å². The second-order valence-corrected chi connectivity index (χ2v) is 6.99. The predicted octanol–water partition coefficient (Wildman–Crippen LogP) is 3.07. The van der Waals surface area contributed by atoms with Crippen molar-refractivity contribution in [3.05, 3.63) is 47.7 Å². The van der Waals surface area contributed by atoms with Gasteiger partial charge in [-0.3, -0.25) is 4.79 Å². The number of likely N-dealkylation sites (tertiary alicyclic amines) is 1. The highest BCUT2D eigenvalue weighted by atomic mass is 16.5. The van der Waals surface area contributed by atoms with Crippen LogP contribution in [0.25, 0.3) is 0 Å². The van der Waals surface area contributed by atoms with Gasteiger partial charge in [0, 0.05) is 37.2 Å². The molecule has 0 N–H and O–H groups in total. The van der Waals surface area contributed by atoms with E-state index in [1.807, 2.05) is 30.3 Å². The molecule has 6 nitrogen and oxygen atoms in total. The summed E-state index contributed by atoms with van der Waals surface area (Å²) in [4.78, 5) is 14.5. The number of rotatable bonds is 2. The molecule has 2 aliphatic heterocycles. The lowest BCUT2D eigenvalue weighted by molar-refractivity contribution is -0.129. The molecule has 1 aromatic carbocycles. The number of aromatic nitrogens is 2. The smallest absolute Gasteiger partial charge is 0.299 e. The monoisotopic (exact) mass is 365 g/mol. The van der Waals surface area contributed by atoms with Gasteiger partial charge in [0.05, 0.1) is 0 Å². The Morgan fingerprint density at radius 3 is 2.63 bits per heavy atom. The van der Waals surface area contributed by atoms with Crippen LogP contribution in [0.4, 0.5) is 0 Å². The van der Waals surface area contributed by atoms with E-state index in [0.29, 0.717) is 18.3 Å². The van der Waals surface area contributed by atoms with Crippen LogP contribution in [0.3, 0.4) is 0 Å². The Labute approximate surface area is 158 Å². The zero-order valence-corrected chi connectivity index (χ0v) is 15.3. The normalized spacial score (nSPS) is 20.7. The van der Waals surface area contributed by atoms with E-state index in [2.05, 4.69) is 22.0 Å². The Kier molecular flexibility index (Phi) is 5.50. The molecule has 2 saturated heterocycles. The fourth-order valence-electron chi connectivity index (χ4n) is 3.64.